The Morgan fingerprint density at radius 3 is 2.50 bits per heavy atom. The first kappa shape index (κ1) is 20.0. The van der Waals surface area contributed by atoms with Crippen LogP contribution in [0.15, 0.2) is 0 Å². The van der Waals surface area contributed by atoms with E-state index < -0.39 is 6.23 Å². The molecule has 2 atom stereocenters. The van der Waals surface area contributed by atoms with Crippen LogP contribution in [0.4, 0.5) is 0 Å². The molecule has 0 bridgehead atoms. The maximum atomic E-state index is 9.63. The van der Waals surface area contributed by atoms with Crippen LogP contribution in [0.2, 0.25) is 0 Å². The number of hydrogen-bond donors (Lipinski definition) is 3. The van der Waals surface area contributed by atoms with Crippen LogP contribution in [0.25, 0.3) is 5.73 Å². The van der Waals surface area contributed by atoms with Crippen LogP contribution < -0.4 is 69.2 Å². The number of nitrogens with two attached hydrogens (primary N) is 1. The van der Waals surface area contributed by atoms with Gasteiger partial charge in [-0.15, -0.1) is 0 Å². The van der Waals surface area contributed by atoms with E-state index in [1.165, 1.54) is 12.8 Å². The Morgan fingerprint density at radius 2 is 1.94 bits per heavy atom. The summed E-state index contributed by atoms with van der Waals surface area (Å²) in [5.74, 6) is 0. The first-order valence-corrected chi connectivity index (χ1v) is 6.04. The largest absolute Gasteiger partial charge is 1.00 e. The van der Waals surface area contributed by atoms with Gasteiger partial charge in [-0.05, 0) is 19.4 Å². The number of unbranched alkanes of at least 4 members (excludes halogenated alkanes) is 3. The maximum absolute atomic E-state index is 9.63. The summed E-state index contributed by atoms with van der Waals surface area (Å²) in [6.45, 7) is 3.44. The average Bonchev–Trinajstić information content (AvgIpc) is 2.24. The van der Waals surface area contributed by atoms with Crippen molar-refractivity contribution in [2.45, 2.75) is 57.7 Å². The van der Waals surface area contributed by atoms with E-state index in [0.717, 1.165) is 32.2 Å². The molecule has 0 saturated carbocycles. The third-order valence-electron chi connectivity index (χ3n) is 2.50. The molecule has 1 unspecified atom stereocenters. The van der Waals surface area contributed by atoms with E-state index >= 15 is 0 Å². The predicted molar refractivity (Wildman–Crippen MR) is 64.5 cm³/mol. The van der Waals surface area contributed by atoms with Crippen molar-refractivity contribution in [3.63, 3.8) is 0 Å². The third kappa shape index (κ3) is 12.1. The van der Waals surface area contributed by atoms with Crippen molar-refractivity contribution in [3.8, 4) is 0 Å². The summed E-state index contributed by atoms with van der Waals surface area (Å²) in [5, 5.41) is 12.7. The average molecular weight is 302 g/mol. The summed E-state index contributed by atoms with van der Waals surface area (Å²) >= 11 is 0. The minimum Gasteiger partial charge on any atom is -0.677 e. The Morgan fingerprint density at radius 1 is 1.25 bits per heavy atom. The fourth-order valence-corrected chi connectivity index (χ4v) is 1.44. The molecule has 5 N–H and O–H groups in total. The topological polar surface area (TPSA) is 82.1 Å². The van der Waals surface area contributed by atoms with Crippen molar-refractivity contribution in [1.29, 1.82) is 0 Å². The van der Waals surface area contributed by atoms with Crippen LogP contribution in [0, 0.1) is 0 Å². The smallest absolute Gasteiger partial charge is 0.677 e. The second-order valence-corrected chi connectivity index (χ2v) is 4.02. The van der Waals surface area contributed by atoms with Gasteiger partial charge in [-0.3, -0.25) is 5.32 Å². The molecule has 5 heteroatoms. The van der Waals surface area contributed by atoms with Gasteiger partial charge in [0.1, 0.15) is 6.23 Å². The second kappa shape index (κ2) is 14.7. The molecule has 0 aliphatic rings. The molecule has 0 aromatic rings. The molecule has 16 heavy (non-hydrogen) atoms. The van der Waals surface area contributed by atoms with E-state index in [4.69, 9.17) is 11.5 Å². The van der Waals surface area contributed by atoms with E-state index in [2.05, 4.69) is 12.2 Å². The fourth-order valence-electron chi connectivity index (χ4n) is 1.44. The molecule has 0 aliphatic heterocycles. The van der Waals surface area contributed by atoms with Crippen LogP contribution >= 0.6 is 0 Å². The third-order valence-corrected chi connectivity index (χ3v) is 2.50. The van der Waals surface area contributed by atoms with Crippen molar-refractivity contribution in [1.82, 2.24) is 5.32 Å². The maximum Gasteiger partial charge on any atom is 1.00 e. The van der Waals surface area contributed by atoms with Gasteiger partial charge in [0.15, 0.2) is 0 Å². The summed E-state index contributed by atoms with van der Waals surface area (Å²) in [6, 6.07) is -0.196. The van der Waals surface area contributed by atoms with E-state index in [-0.39, 0.29) is 64.2 Å². The Hall–Kier alpha value is 1.65. The monoisotopic (exact) mass is 301 g/mol. The quantitative estimate of drug-likeness (QED) is 0.344. The first-order chi connectivity index (χ1) is 7.22. The standard InChI is InChI=1S/C11H26N3O.Rb/c1-2-3-6-9-14-11(15)10(13)7-4-5-8-12;/h10-12,14-15H,2-9,13H2,1H3;/q-1;+1/t10-,11?;/m1./s1. The number of rotatable bonds is 10. The fraction of sp³-hybridized carbons (Fsp3) is 1.00. The SMILES string of the molecule is CCCCCNC(O)[C@H](N)CCCC[NH-].[Rb+]. The van der Waals surface area contributed by atoms with Crippen molar-refractivity contribution in [2.75, 3.05) is 13.1 Å². The molecule has 0 rings (SSSR count). The van der Waals surface area contributed by atoms with Gasteiger partial charge in [0.05, 0.1) is 0 Å². The number of nitrogens with one attached hydrogen (secondary N) is 2. The van der Waals surface area contributed by atoms with E-state index in [0.29, 0.717) is 6.54 Å². The molecular formula is C11H26N3ORb. The zero-order valence-corrected chi connectivity index (χ0v) is 15.8. The van der Waals surface area contributed by atoms with Crippen LogP contribution in [0.3, 0.4) is 0 Å². The predicted octanol–water partition coefficient (Wildman–Crippen LogP) is -1.36. The molecule has 0 fully saturated rings. The van der Waals surface area contributed by atoms with Gasteiger partial charge < -0.3 is 16.6 Å². The Balaban J connectivity index is 0. The van der Waals surface area contributed by atoms with Gasteiger partial charge in [-0.1, -0.05) is 32.6 Å². The van der Waals surface area contributed by atoms with Crippen molar-refractivity contribution in [3.05, 3.63) is 5.73 Å². The first-order valence-electron chi connectivity index (χ1n) is 6.04. The summed E-state index contributed by atoms with van der Waals surface area (Å²) < 4.78 is 0. The van der Waals surface area contributed by atoms with Crippen LogP contribution in [-0.2, 0) is 0 Å². The molecule has 92 valence electrons. The zero-order chi connectivity index (χ0) is 11.5. The van der Waals surface area contributed by atoms with Gasteiger partial charge in [0, 0.05) is 6.04 Å². The van der Waals surface area contributed by atoms with Gasteiger partial charge in [0.2, 0.25) is 0 Å². The second-order valence-electron chi connectivity index (χ2n) is 4.02. The number of aliphatic hydroxyl groups is 1. The molecule has 4 nitrogen and oxygen atoms in total. The minimum atomic E-state index is -0.590. The Kier molecular flexibility index (Phi) is 18.4. The Labute approximate surface area is 149 Å². The van der Waals surface area contributed by atoms with E-state index in [1.54, 1.807) is 0 Å². The Bertz CT molecular complexity index is 138. The van der Waals surface area contributed by atoms with Gasteiger partial charge in [-0.2, -0.15) is 6.54 Å². The minimum absolute atomic E-state index is 0. The van der Waals surface area contributed by atoms with Gasteiger partial charge in [-0.25, -0.2) is 0 Å². The van der Waals surface area contributed by atoms with E-state index in [1.807, 2.05) is 0 Å². The molecule has 0 aliphatic carbocycles. The normalized spacial score (nSPS) is 14.2. The molecule has 0 aromatic heterocycles. The summed E-state index contributed by atoms with van der Waals surface area (Å²) in [4.78, 5) is 0. The molecule has 0 aromatic carbocycles. The van der Waals surface area contributed by atoms with E-state index in [9.17, 15) is 5.11 Å². The summed E-state index contributed by atoms with van der Waals surface area (Å²) in [7, 11) is 0. The van der Waals surface area contributed by atoms with Gasteiger partial charge in [0.25, 0.3) is 0 Å². The van der Waals surface area contributed by atoms with Crippen LogP contribution in [0.5, 0.6) is 0 Å². The molecule has 0 heterocycles. The van der Waals surface area contributed by atoms with Gasteiger partial charge >= 0.3 is 58.2 Å². The van der Waals surface area contributed by atoms with Crippen LogP contribution in [0.1, 0.15) is 45.4 Å². The zero-order valence-electron chi connectivity index (χ0n) is 10.8. The summed E-state index contributed by atoms with van der Waals surface area (Å²) in [6.07, 6.45) is 5.47. The number of hydrogen-bond acceptors (Lipinski definition) is 3. The molecule has 0 amide bonds. The molecule has 0 spiro atoms. The molecule has 0 radical (unpaired) electrons. The van der Waals surface area contributed by atoms with Crippen molar-refractivity contribution in [2.24, 2.45) is 5.73 Å². The van der Waals surface area contributed by atoms with Crippen molar-refractivity contribution < 1.29 is 63.3 Å². The molecular weight excluding hydrogens is 276 g/mol. The molecule has 0 saturated heterocycles. The number of aliphatic hydroxyl groups excluding tert-OH is 1. The summed E-state index contributed by atoms with van der Waals surface area (Å²) in [5.41, 5.74) is 12.8. The van der Waals surface area contributed by atoms with Crippen LogP contribution in [-0.4, -0.2) is 30.5 Å². The van der Waals surface area contributed by atoms with Crippen molar-refractivity contribution >= 4 is 0 Å².